The van der Waals surface area contributed by atoms with Gasteiger partial charge in [-0.15, -0.1) is 0 Å². The highest BCUT2D eigenvalue weighted by Crippen LogP contribution is 2.40. The molecule has 0 spiro atoms. The Morgan fingerprint density at radius 3 is 3.05 bits per heavy atom. The third-order valence-electron chi connectivity index (χ3n) is 5.09. The van der Waals surface area contributed by atoms with Crippen LogP contribution in [-0.2, 0) is 6.54 Å². The lowest BCUT2D eigenvalue weighted by atomic mass is 9.71. The van der Waals surface area contributed by atoms with Crippen molar-refractivity contribution in [2.75, 3.05) is 13.1 Å². The predicted octanol–water partition coefficient (Wildman–Crippen LogP) is 2.82. The second kappa shape index (κ2) is 5.75. The van der Waals surface area contributed by atoms with Gasteiger partial charge in [0.2, 0.25) is 0 Å². The molecule has 1 aliphatic heterocycles. The lowest BCUT2D eigenvalue weighted by Crippen LogP contribution is -2.53. The first-order valence-electron chi connectivity index (χ1n) is 7.74. The summed E-state index contributed by atoms with van der Waals surface area (Å²) in [5.41, 5.74) is 0.800. The fourth-order valence-corrected chi connectivity index (χ4v) is 3.83. The highest BCUT2D eigenvalue weighted by molar-refractivity contribution is 5.37. The molecule has 2 fully saturated rings. The Hall–Kier alpha value is -1.44. The third-order valence-corrected chi connectivity index (χ3v) is 5.09. The van der Waals surface area contributed by atoms with Crippen molar-refractivity contribution in [3.8, 4) is 6.07 Å². The van der Waals surface area contributed by atoms with Crippen LogP contribution in [0.5, 0.6) is 0 Å². The van der Waals surface area contributed by atoms with E-state index in [1.807, 2.05) is 0 Å². The molecule has 0 radical (unpaired) electrons. The summed E-state index contributed by atoms with van der Waals surface area (Å²) in [4.78, 5) is 2.25. The van der Waals surface area contributed by atoms with Crippen LogP contribution in [0, 0.1) is 23.1 Å². The Labute approximate surface area is 125 Å². The molecule has 2 atom stereocenters. The summed E-state index contributed by atoms with van der Waals surface area (Å²) in [6.45, 7) is 2.25. The van der Waals surface area contributed by atoms with Gasteiger partial charge in [-0.3, -0.25) is 4.90 Å². The van der Waals surface area contributed by atoms with E-state index in [1.54, 1.807) is 6.07 Å². The van der Waals surface area contributed by atoms with Crippen LogP contribution in [0.3, 0.4) is 0 Å². The Bertz CT molecular complexity index is 568. The van der Waals surface area contributed by atoms with Crippen LogP contribution in [0.4, 0.5) is 4.39 Å². The summed E-state index contributed by atoms with van der Waals surface area (Å²) in [7, 11) is 0. The van der Waals surface area contributed by atoms with Gasteiger partial charge in [0.1, 0.15) is 5.82 Å². The summed E-state index contributed by atoms with van der Waals surface area (Å²) in [6, 6.07) is 6.47. The maximum absolute atomic E-state index is 13.4. The van der Waals surface area contributed by atoms with Gasteiger partial charge in [0.25, 0.3) is 0 Å². The normalized spacial score (nSPS) is 29.7. The molecule has 3 rings (SSSR count). The molecule has 1 N–H and O–H groups in total. The first-order chi connectivity index (χ1) is 10.1. The van der Waals surface area contributed by atoms with E-state index in [2.05, 4.69) is 11.0 Å². The Balaban J connectivity index is 1.72. The third kappa shape index (κ3) is 2.95. The lowest BCUT2D eigenvalue weighted by Gasteiger charge is -2.47. The number of piperidine rings is 1. The van der Waals surface area contributed by atoms with Gasteiger partial charge >= 0.3 is 0 Å². The molecule has 0 amide bonds. The highest BCUT2D eigenvalue weighted by Gasteiger charge is 2.42. The van der Waals surface area contributed by atoms with Gasteiger partial charge in [-0.05, 0) is 43.0 Å². The van der Waals surface area contributed by atoms with Crippen molar-refractivity contribution in [2.24, 2.45) is 5.92 Å². The first-order valence-corrected chi connectivity index (χ1v) is 7.74. The van der Waals surface area contributed by atoms with E-state index in [0.29, 0.717) is 18.0 Å². The number of aliphatic hydroxyl groups is 1. The van der Waals surface area contributed by atoms with Gasteiger partial charge in [-0.2, -0.15) is 5.26 Å². The first kappa shape index (κ1) is 14.5. The quantitative estimate of drug-likeness (QED) is 0.910. The van der Waals surface area contributed by atoms with Crippen molar-refractivity contribution in [1.82, 2.24) is 4.90 Å². The minimum Gasteiger partial charge on any atom is -0.390 e. The average Bonchev–Trinajstić information content (AvgIpc) is 2.48. The van der Waals surface area contributed by atoms with Crippen molar-refractivity contribution in [3.63, 3.8) is 0 Å². The number of benzene rings is 1. The van der Waals surface area contributed by atoms with Gasteiger partial charge in [-0.1, -0.05) is 12.8 Å². The monoisotopic (exact) mass is 288 g/mol. The zero-order valence-corrected chi connectivity index (χ0v) is 12.2. The predicted molar refractivity (Wildman–Crippen MR) is 77.9 cm³/mol. The fraction of sp³-hybridized carbons (Fsp3) is 0.588. The maximum atomic E-state index is 13.4. The largest absolute Gasteiger partial charge is 0.390 e. The summed E-state index contributed by atoms with van der Waals surface area (Å²) in [5, 5.41) is 19.8. The van der Waals surface area contributed by atoms with E-state index in [1.165, 1.54) is 18.6 Å². The van der Waals surface area contributed by atoms with Crippen LogP contribution in [-0.4, -0.2) is 28.7 Å². The second-order valence-electron chi connectivity index (χ2n) is 6.44. The van der Waals surface area contributed by atoms with Crippen molar-refractivity contribution in [2.45, 2.75) is 44.2 Å². The van der Waals surface area contributed by atoms with E-state index >= 15 is 0 Å². The number of likely N-dealkylation sites (tertiary alicyclic amines) is 1. The highest BCUT2D eigenvalue weighted by atomic mass is 19.1. The summed E-state index contributed by atoms with van der Waals surface area (Å²) >= 11 is 0. The zero-order chi connectivity index (χ0) is 14.9. The molecular formula is C17H21FN2O. The van der Waals surface area contributed by atoms with E-state index < -0.39 is 5.60 Å². The topological polar surface area (TPSA) is 47.3 Å². The molecule has 1 saturated carbocycles. The van der Waals surface area contributed by atoms with Crippen LogP contribution in [0.2, 0.25) is 0 Å². The molecule has 2 unspecified atom stereocenters. The van der Waals surface area contributed by atoms with Gasteiger partial charge in [0, 0.05) is 25.6 Å². The van der Waals surface area contributed by atoms with Gasteiger partial charge in [0.15, 0.2) is 0 Å². The zero-order valence-electron chi connectivity index (χ0n) is 12.2. The number of halogens is 1. The van der Waals surface area contributed by atoms with Crippen LogP contribution in [0.15, 0.2) is 18.2 Å². The van der Waals surface area contributed by atoms with Crippen LogP contribution in [0.25, 0.3) is 0 Å². The molecule has 0 bridgehead atoms. The number of rotatable bonds is 2. The second-order valence-corrected chi connectivity index (χ2v) is 6.44. The van der Waals surface area contributed by atoms with Gasteiger partial charge < -0.3 is 5.11 Å². The molecule has 21 heavy (non-hydrogen) atoms. The molecule has 1 saturated heterocycles. The molecule has 3 nitrogen and oxygen atoms in total. The molecule has 1 heterocycles. The van der Waals surface area contributed by atoms with Crippen molar-refractivity contribution in [3.05, 3.63) is 35.1 Å². The molecule has 112 valence electrons. The van der Waals surface area contributed by atoms with E-state index in [0.717, 1.165) is 44.3 Å². The van der Waals surface area contributed by atoms with Crippen molar-refractivity contribution in [1.29, 1.82) is 5.26 Å². The molecule has 1 aliphatic carbocycles. The van der Waals surface area contributed by atoms with Crippen molar-refractivity contribution < 1.29 is 9.50 Å². The summed E-state index contributed by atoms with van der Waals surface area (Å²) in [5.74, 6) is 0.0225. The number of hydrogen-bond acceptors (Lipinski definition) is 3. The van der Waals surface area contributed by atoms with E-state index in [-0.39, 0.29) is 5.82 Å². The molecule has 4 heteroatoms. The molecule has 0 aromatic heterocycles. The molecule has 1 aromatic rings. The minimum atomic E-state index is -0.491. The van der Waals surface area contributed by atoms with E-state index in [9.17, 15) is 9.50 Å². The molecule has 1 aromatic carbocycles. The fourth-order valence-electron chi connectivity index (χ4n) is 3.83. The van der Waals surface area contributed by atoms with Gasteiger partial charge in [0.05, 0.1) is 17.2 Å². The number of fused-ring (bicyclic) bond motifs is 1. The Kier molecular flexibility index (Phi) is 3.97. The Morgan fingerprint density at radius 1 is 1.38 bits per heavy atom. The van der Waals surface area contributed by atoms with Crippen LogP contribution < -0.4 is 0 Å². The van der Waals surface area contributed by atoms with Gasteiger partial charge in [-0.25, -0.2) is 4.39 Å². The minimum absolute atomic E-state index is 0.296. The maximum Gasteiger partial charge on any atom is 0.123 e. The number of nitriles is 1. The Morgan fingerprint density at radius 2 is 2.24 bits per heavy atom. The average molecular weight is 288 g/mol. The number of hydrogen-bond donors (Lipinski definition) is 1. The summed E-state index contributed by atoms with van der Waals surface area (Å²) in [6.07, 6.45) is 5.07. The van der Waals surface area contributed by atoms with E-state index in [4.69, 9.17) is 5.26 Å². The smallest absolute Gasteiger partial charge is 0.123 e. The molecule has 2 aliphatic rings. The SMILES string of the molecule is N#Cc1ccc(F)cc1CN1CCC2(O)CCCCC2C1. The lowest BCUT2D eigenvalue weighted by molar-refractivity contribution is -0.0968. The number of nitrogens with zero attached hydrogens (tertiary/aromatic N) is 2. The molecular weight excluding hydrogens is 267 g/mol. The standard InChI is InChI=1S/C17H21FN2O/c18-16-5-4-13(10-19)14(9-16)11-20-8-7-17(21)6-2-1-3-15(17)12-20/h4-5,9,15,21H,1-3,6-8,11-12H2. The van der Waals surface area contributed by atoms with Crippen LogP contribution in [0.1, 0.15) is 43.2 Å². The van der Waals surface area contributed by atoms with Crippen LogP contribution >= 0.6 is 0 Å². The summed E-state index contributed by atoms with van der Waals surface area (Å²) < 4.78 is 13.4. The van der Waals surface area contributed by atoms with Crippen molar-refractivity contribution >= 4 is 0 Å².